The van der Waals surface area contributed by atoms with Crippen molar-refractivity contribution in [2.24, 2.45) is 0 Å². The normalized spacial score (nSPS) is 10.8. The Hall–Kier alpha value is -2.12. The Morgan fingerprint density at radius 3 is 2.24 bits per heavy atom. The average molecular weight is 424 g/mol. The second kappa shape index (κ2) is 8.31. The molecule has 25 heavy (non-hydrogen) atoms. The third kappa shape index (κ3) is 3.93. The van der Waals surface area contributed by atoms with Gasteiger partial charge >= 0.3 is 0 Å². The lowest BCUT2D eigenvalue weighted by atomic mass is 10.2. The van der Waals surface area contributed by atoms with E-state index in [2.05, 4.69) is 20.7 Å². The fourth-order valence-electron chi connectivity index (χ4n) is 2.38. The van der Waals surface area contributed by atoms with Crippen molar-refractivity contribution in [2.75, 3.05) is 6.61 Å². The first-order valence-corrected chi connectivity index (χ1v) is 9.79. The van der Waals surface area contributed by atoms with Gasteiger partial charge in [-0.1, -0.05) is 36.4 Å². The Balaban J connectivity index is 0.000000399. The van der Waals surface area contributed by atoms with Crippen LogP contribution >= 0.6 is 15.9 Å². The zero-order valence-electron chi connectivity index (χ0n) is 13.8. The summed E-state index contributed by atoms with van der Waals surface area (Å²) in [5.41, 5.74) is 1.36. The third-order valence-electron chi connectivity index (χ3n) is 3.50. The fraction of sp³-hybridized carbons (Fsp3) is 0.167. The van der Waals surface area contributed by atoms with Gasteiger partial charge in [-0.25, -0.2) is 12.4 Å². The summed E-state index contributed by atoms with van der Waals surface area (Å²) in [6.45, 7) is 4.46. The number of benzene rings is 2. The van der Waals surface area contributed by atoms with Crippen LogP contribution < -0.4 is 0 Å². The lowest BCUT2D eigenvalue weighted by Gasteiger charge is -2.09. The maximum absolute atomic E-state index is 12.8. The predicted octanol–water partition coefficient (Wildman–Crippen LogP) is 4.13. The molecule has 0 N–H and O–H groups in total. The molecule has 0 radical (unpaired) electrons. The van der Waals surface area contributed by atoms with Crippen molar-refractivity contribution in [3.8, 4) is 0 Å². The molecule has 0 aliphatic carbocycles. The van der Waals surface area contributed by atoms with Gasteiger partial charge in [0.2, 0.25) is 0 Å². The highest BCUT2D eigenvalue weighted by molar-refractivity contribution is 9.10. The number of rotatable bonds is 4. The Bertz CT molecular complexity index is 965. The maximum Gasteiger partial charge on any atom is 0.293 e. The van der Waals surface area contributed by atoms with Crippen molar-refractivity contribution in [3.63, 3.8) is 0 Å². The molecule has 3 rings (SSSR count). The summed E-state index contributed by atoms with van der Waals surface area (Å²) in [4.78, 5) is 9.47. The van der Waals surface area contributed by atoms with Crippen molar-refractivity contribution < 1.29 is 17.9 Å². The van der Waals surface area contributed by atoms with Gasteiger partial charge in [0.15, 0.2) is 0 Å². The van der Waals surface area contributed by atoms with Gasteiger partial charge in [-0.2, -0.15) is 0 Å². The Morgan fingerprint density at radius 1 is 1.08 bits per heavy atom. The molecule has 0 aliphatic rings. The van der Waals surface area contributed by atoms with Gasteiger partial charge < -0.3 is 4.74 Å². The molecule has 0 saturated carbocycles. The molecule has 1 aromatic heterocycles. The van der Waals surface area contributed by atoms with Crippen LogP contribution in [0.1, 0.15) is 12.6 Å². The summed E-state index contributed by atoms with van der Waals surface area (Å²) in [5.74, 6) is 0. The summed E-state index contributed by atoms with van der Waals surface area (Å²) in [6.07, 6.45) is 0. The van der Waals surface area contributed by atoms with Crippen molar-refractivity contribution in [1.82, 2.24) is 3.97 Å². The zero-order valence-corrected chi connectivity index (χ0v) is 16.2. The molecule has 2 aromatic carbocycles. The molecule has 0 saturated heterocycles. The van der Waals surface area contributed by atoms with Crippen LogP contribution in [0.25, 0.3) is 10.9 Å². The molecule has 0 atom stereocenters. The number of aromatic nitrogens is 1. The molecular weight excluding hydrogens is 406 g/mol. The predicted molar refractivity (Wildman–Crippen MR) is 101 cm³/mol. The number of carbonyl (C=O) groups excluding carboxylic acids is 1. The molecule has 1 heterocycles. The van der Waals surface area contributed by atoms with E-state index in [0.29, 0.717) is 24.3 Å². The summed E-state index contributed by atoms with van der Waals surface area (Å²) in [6, 6.07) is 15.9. The van der Waals surface area contributed by atoms with E-state index in [9.17, 15) is 13.2 Å². The fourth-order valence-corrected chi connectivity index (χ4v) is 4.59. The number of hydrogen-bond acceptors (Lipinski definition) is 4. The number of carbonyl (C=O) groups is 1. The number of ether oxygens (including phenoxy) is 1. The lowest BCUT2D eigenvalue weighted by Crippen LogP contribution is -2.14. The van der Waals surface area contributed by atoms with E-state index in [1.165, 1.54) is 3.97 Å². The van der Waals surface area contributed by atoms with E-state index in [-0.39, 0.29) is 4.90 Å². The van der Waals surface area contributed by atoms with Gasteiger partial charge in [-0.15, -0.1) is 0 Å². The van der Waals surface area contributed by atoms with Crippen LogP contribution in [0.3, 0.4) is 0 Å². The van der Waals surface area contributed by atoms with Crippen molar-refractivity contribution in [3.05, 3.63) is 64.8 Å². The van der Waals surface area contributed by atoms with Crippen molar-refractivity contribution in [1.29, 1.82) is 0 Å². The number of halogens is 1. The summed E-state index contributed by atoms with van der Waals surface area (Å²) < 4.78 is 32.0. The molecule has 5 nitrogen and oxygen atoms in total. The maximum atomic E-state index is 12.8. The Morgan fingerprint density at radius 2 is 1.68 bits per heavy atom. The Labute approximate surface area is 155 Å². The smallest absolute Gasteiger partial charge is 0.293 e. The minimum absolute atomic E-state index is 0.288. The second-order valence-electron chi connectivity index (χ2n) is 5.05. The molecule has 0 aliphatic heterocycles. The summed E-state index contributed by atoms with van der Waals surface area (Å²) >= 11 is 3.48. The summed E-state index contributed by atoms with van der Waals surface area (Å²) in [5, 5.41) is 0.893. The van der Waals surface area contributed by atoms with Gasteiger partial charge in [0.05, 0.1) is 17.0 Å². The minimum atomic E-state index is -3.59. The van der Waals surface area contributed by atoms with Crippen LogP contribution in [0.5, 0.6) is 0 Å². The highest BCUT2D eigenvalue weighted by Gasteiger charge is 2.23. The quantitative estimate of drug-likeness (QED) is 0.591. The third-order valence-corrected chi connectivity index (χ3v) is 6.32. The van der Waals surface area contributed by atoms with Crippen LogP contribution in [0.4, 0.5) is 0 Å². The van der Waals surface area contributed by atoms with Gasteiger partial charge in [-0.05, 0) is 48.0 Å². The van der Waals surface area contributed by atoms with E-state index < -0.39 is 10.0 Å². The second-order valence-corrected chi connectivity index (χ2v) is 7.63. The largest absolute Gasteiger partial charge is 0.468 e. The van der Waals surface area contributed by atoms with E-state index in [4.69, 9.17) is 0 Å². The van der Waals surface area contributed by atoms with Crippen LogP contribution in [0.15, 0.2) is 64.0 Å². The molecule has 0 amide bonds. The van der Waals surface area contributed by atoms with Crippen LogP contribution in [-0.4, -0.2) is 25.5 Å². The van der Waals surface area contributed by atoms with Gasteiger partial charge in [0.1, 0.15) is 0 Å². The lowest BCUT2D eigenvalue weighted by molar-refractivity contribution is -0.128. The number of hydrogen-bond donors (Lipinski definition) is 0. The first kappa shape index (κ1) is 19.2. The van der Waals surface area contributed by atoms with Gasteiger partial charge in [0.25, 0.3) is 16.5 Å². The minimum Gasteiger partial charge on any atom is -0.468 e. The van der Waals surface area contributed by atoms with Gasteiger partial charge in [-0.3, -0.25) is 4.79 Å². The van der Waals surface area contributed by atoms with Crippen molar-refractivity contribution >= 4 is 43.3 Å². The first-order chi connectivity index (χ1) is 11.9. The number of fused-ring (bicyclic) bond motifs is 1. The zero-order chi connectivity index (χ0) is 18.4. The van der Waals surface area contributed by atoms with Crippen LogP contribution in [0, 0.1) is 6.92 Å². The number of nitrogens with zero attached hydrogens (tertiary/aromatic N) is 1. The number of para-hydroxylation sites is 1. The average Bonchev–Trinajstić information content (AvgIpc) is 2.89. The molecule has 0 unspecified atom stereocenters. The van der Waals surface area contributed by atoms with E-state index in [1.807, 2.05) is 24.3 Å². The molecular formula is C18H18BrNO4S. The highest BCUT2D eigenvalue weighted by atomic mass is 79.9. The van der Waals surface area contributed by atoms with Crippen LogP contribution in [0.2, 0.25) is 0 Å². The van der Waals surface area contributed by atoms with Crippen LogP contribution in [-0.2, 0) is 19.6 Å². The standard InChI is InChI=1S/C15H12BrNO2S.C3H6O2/c1-11-15(16)13-9-5-6-10-14(13)17(11)20(18,19)12-7-3-2-4-8-12;1-2-5-3-4/h2-10H,1H3;3H,2H2,1H3. The topological polar surface area (TPSA) is 65.4 Å². The van der Waals surface area contributed by atoms with E-state index in [0.717, 1.165) is 9.86 Å². The SMILES string of the molecule is CCOC=O.Cc1c(Br)c2ccccc2n1S(=O)(=O)c1ccccc1. The summed E-state index contributed by atoms with van der Waals surface area (Å²) in [7, 11) is -3.59. The first-order valence-electron chi connectivity index (χ1n) is 7.56. The molecule has 0 spiro atoms. The molecule has 0 fully saturated rings. The van der Waals surface area contributed by atoms with E-state index in [1.54, 1.807) is 44.2 Å². The monoisotopic (exact) mass is 423 g/mol. The molecule has 132 valence electrons. The van der Waals surface area contributed by atoms with E-state index >= 15 is 0 Å². The Kier molecular flexibility index (Phi) is 6.39. The van der Waals surface area contributed by atoms with Gasteiger partial charge in [0, 0.05) is 15.6 Å². The molecule has 3 aromatic rings. The molecule has 0 bridgehead atoms. The van der Waals surface area contributed by atoms with Crippen molar-refractivity contribution in [2.45, 2.75) is 18.7 Å². The molecule has 7 heteroatoms. The highest BCUT2D eigenvalue weighted by Crippen LogP contribution is 2.33.